The third kappa shape index (κ3) is 2.69. The lowest BCUT2D eigenvalue weighted by Crippen LogP contribution is -2.25. The van der Waals surface area contributed by atoms with E-state index in [1.165, 1.54) is 5.56 Å². The van der Waals surface area contributed by atoms with E-state index >= 15 is 0 Å². The van der Waals surface area contributed by atoms with Gasteiger partial charge in [0.25, 0.3) is 5.91 Å². The first kappa shape index (κ1) is 12.4. The molecule has 3 rings (SSSR count). The largest absolute Gasteiger partial charge is 0.352 e. The van der Waals surface area contributed by atoms with Gasteiger partial charge in [-0.1, -0.05) is 24.3 Å². The molecule has 2 aromatic carbocycles. The van der Waals surface area contributed by atoms with Crippen LogP contribution in [0.4, 0.5) is 0 Å². The molecule has 1 aromatic heterocycles. The number of aromatic nitrogens is 2. The monoisotopic (exact) mass is 265 g/mol. The Bertz CT molecular complexity index is 719. The number of H-pyrrole nitrogens is 1. The average Bonchev–Trinajstić information content (AvgIpc) is 2.95. The lowest BCUT2D eigenvalue weighted by Gasteiger charge is -2.05. The Hall–Kier alpha value is -2.62. The molecule has 0 aliphatic rings. The zero-order valence-electron chi connectivity index (χ0n) is 11.0. The Morgan fingerprint density at radius 3 is 2.85 bits per heavy atom. The minimum Gasteiger partial charge on any atom is -0.352 e. The highest BCUT2D eigenvalue weighted by Gasteiger charge is 2.04. The highest BCUT2D eigenvalue weighted by Crippen LogP contribution is 2.11. The zero-order valence-corrected chi connectivity index (χ0v) is 11.0. The van der Waals surface area contributed by atoms with Gasteiger partial charge in [0, 0.05) is 12.1 Å². The minimum absolute atomic E-state index is 0.0341. The molecule has 0 atom stereocenters. The maximum absolute atomic E-state index is 11.9. The molecule has 3 aromatic rings. The molecule has 4 heteroatoms. The van der Waals surface area contributed by atoms with E-state index in [9.17, 15) is 4.79 Å². The van der Waals surface area contributed by atoms with Gasteiger partial charge < -0.3 is 10.3 Å². The number of benzene rings is 2. The smallest absolute Gasteiger partial charge is 0.251 e. The fourth-order valence-electron chi connectivity index (χ4n) is 2.15. The van der Waals surface area contributed by atoms with Crippen LogP contribution in [0.25, 0.3) is 11.0 Å². The molecule has 1 heterocycles. The van der Waals surface area contributed by atoms with Crippen molar-refractivity contribution in [1.29, 1.82) is 0 Å². The minimum atomic E-state index is -0.0341. The van der Waals surface area contributed by atoms with E-state index in [1.54, 1.807) is 6.33 Å². The van der Waals surface area contributed by atoms with Gasteiger partial charge in [-0.25, -0.2) is 4.98 Å². The van der Waals surface area contributed by atoms with E-state index in [0.717, 1.165) is 17.5 Å². The van der Waals surface area contributed by atoms with Crippen molar-refractivity contribution in [3.8, 4) is 0 Å². The third-order valence-corrected chi connectivity index (χ3v) is 3.22. The molecule has 100 valence electrons. The summed E-state index contributed by atoms with van der Waals surface area (Å²) < 4.78 is 0. The molecule has 0 saturated heterocycles. The van der Waals surface area contributed by atoms with Crippen LogP contribution in [-0.2, 0) is 6.42 Å². The van der Waals surface area contributed by atoms with Gasteiger partial charge in [-0.3, -0.25) is 4.79 Å². The van der Waals surface area contributed by atoms with Gasteiger partial charge in [0.15, 0.2) is 0 Å². The number of fused-ring (bicyclic) bond motifs is 1. The van der Waals surface area contributed by atoms with Crippen LogP contribution in [0.5, 0.6) is 0 Å². The average molecular weight is 265 g/mol. The summed E-state index contributed by atoms with van der Waals surface area (Å²) in [4.78, 5) is 19.1. The van der Waals surface area contributed by atoms with Crippen molar-refractivity contribution in [1.82, 2.24) is 15.3 Å². The van der Waals surface area contributed by atoms with Crippen molar-refractivity contribution in [3.63, 3.8) is 0 Å². The lowest BCUT2D eigenvalue weighted by molar-refractivity contribution is 0.0954. The molecular formula is C16H15N3O. The molecule has 0 bridgehead atoms. The number of amides is 1. The van der Waals surface area contributed by atoms with Crippen LogP contribution in [0.3, 0.4) is 0 Å². The number of nitrogens with one attached hydrogen (secondary N) is 2. The Morgan fingerprint density at radius 1 is 1.15 bits per heavy atom. The van der Waals surface area contributed by atoms with Gasteiger partial charge in [0.2, 0.25) is 0 Å². The highest BCUT2D eigenvalue weighted by molar-refractivity contribution is 5.94. The van der Waals surface area contributed by atoms with Crippen LogP contribution < -0.4 is 5.32 Å². The molecule has 20 heavy (non-hydrogen) atoms. The second-order valence-electron chi connectivity index (χ2n) is 4.63. The first-order chi connectivity index (χ1) is 9.83. The standard InChI is InChI=1S/C16H15N3O/c20-16(13-4-2-1-3-5-13)17-9-8-12-6-7-14-15(10-12)19-11-18-14/h1-7,10-11H,8-9H2,(H,17,20)(H,18,19). The molecule has 0 saturated carbocycles. The van der Waals surface area contributed by atoms with Crippen molar-refractivity contribution in [2.45, 2.75) is 6.42 Å². The van der Waals surface area contributed by atoms with Crippen LogP contribution in [0.2, 0.25) is 0 Å². The van der Waals surface area contributed by atoms with Crippen molar-refractivity contribution in [2.75, 3.05) is 6.54 Å². The number of nitrogens with zero attached hydrogens (tertiary/aromatic N) is 1. The molecule has 0 fully saturated rings. The molecule has 0 aliphatic heterocycles. The summed E-state index contributed by atoms with van der Waals surface area (Å²) >= 11 is 0. The van der Waals surface area contributed by atoms with E-state index in [1.807, 2.05) is 42.5 Å². The van der Waals surface area contributed by atoms with Gasteiger partial charge >= 0.3 is 0 Å². The number of hydrogen-bond acceptors (Lipinski definition) is 2. The molecule has 0 unspecified atom stereocenters. The van der Waals surface area contributed by atoms with E-state index in [2.05, 4.69) is 21.4 Å². The van der Waals surface area contributed by atoms with E-state index in [-0.39, 0.29) is 5.91 Å². The summed E-state index contributed by atoms with van der Waals surface area (Å²) in [5.41, 5.74) is 3.85. The number of imidazole rings is 1. The predicted octanol–water partition coefficient (Wildman–Crippen LogP) is 2.54. The van der Waals surface area contributed by atoms with Crippen molar-refractivity contribution >= 4 is 16.9 Å². The topological polar surface area (TPSA) is 57.8 Å². The maximum Gasteiger partial charge on any atom is 0.251 e. The summed E-state index contributed by atoms with van der Waals surface area (Å²) in [5.74, 6) is -0.0341. The van der Waals surface area contributed by atoms with Crippen LogP contribution >= 0.6 is 0 Å². The number of carbonyl (C=O) groups excluding carboxylic acids is 1. The molecular weight excluding hydrogens is 250 g/mol. The summed E-state index contributed by atoms with van der Waals surface area (Å²) in [7, 11) is 0. The predicted molar refractivity (Wildman–Crippen MR) is 78.6 cm³/mol. The summed E-state index contributed by atoms with van der Waals surface area (Å²) in [5, 5.41) is 2.92. The molecule has 4 nitrogen and oxygen atoms in total. The maximum atomic E-state index is 11.9. The van der Waals surface area contributed by atoms with Crippen LogP contribution in [-0.4, -0.2) is 22.4 Å². The third-order valence-electron chi connectivity index (χ3n) is 3.22. The zero-order chi connectivity index (χ0) is 13.8. The molecule has 0 aliphatic carbocycles. The van der Waals surface area contributed by atoms with Gasteiger partial charge in [-0.05, 0) is 36.2 Å². The van der Waals surface area contributed by atoms with Crippen molar-refractivity contribution < 1.29 is 4.79 Å². The Labute approximate surface area is 116 Å². The second-order valence-corrected chi connectivity index (χ2v) is 4.63. The first-order valence-corrected chi connectivity index (χ1v) is 6.58. The van der Waals surface area contributed by atoms with Crippen LogP contribution in [0.1, 0.15) is 15.9 Å². The van der Waals surface area contributed by atoms with E-state index in [0.29, 0.717) is 12.1 Å². The Balaban J connectivity index is 1.58. The van der Waals surface area contributed by atoms with Gasteiger partial charge in [0.1, 0.15) is 0 Å². The van der Waals surface area contributed by atoms with Gasteiger partial charge in [-0.15, -0.1) is 0 Å². The normalized spacial score (nSPS) is 10.6. The fourth-order valence-corrected chi connectivity index (χ4v) is 2.15. The highest BCUT2D eigenvalue weighted by atomic mass is 16.1. The quantitative estimate of drug-likeness (QED) is 0.761. The van der Waals surface area contributed by atoms with Crippen LogP contribution in [0.15, 0.2) is 54.9 Å². The van der Waals surface area contributed by atoms with Gasteiger partial charge in [0.05, 0.1) is 17.4 Å². The second kappa shape index (κ2) is 5.57. The summed E-state index contributed by atoms with van der Waals surface area (Å²) in [6.07, 6.45) is 2.49. The fraction of sp³-hybridized carbons (Fsp3) is 0.125. The molecule has 0 radical (unpaired) electrons. The number of carbonyl (C=O) groups is 1. The summed E-state index contributed by atoms with van der Waals surface area (Å²) in [6, 6.07) is 15.3. The van der Waals surface area contributed by atoms with Crippen molar-refractivity contribution in [3.05, 3.63) is 66.0 Å². The number of hydrogen-bond donors (Lipinski definition) is 2. The van der Waals surface area contributed by atoms with E-state index in [4.69, 9.17) is 0 Å². The Kier molecular flexibility index (Phi) is 3.46. The first-order valence-electron chi connectivity index (χ1n) is 6.58. The number of rotatable bonds is 4. The van der Waals surface area contributed by atoms with Gasteiger partial charge in [-0.2, -0.15) is 0 Å². The number of aromatic amines is 1. The van der Waals surface area contributed by atoms with Crippen LogP contribution in [0, 0.1) is 0 Å². The lowest BCUT2D eigenvalue weighted by atomic mass is 10.1. The summed E-state index contributed by atoms with van der Waals surface area (Å²) in [6.45, 7) is 0.618. The molecule has 1 amide bonds. The Morgan fingerprint density at radius 2 is 2.00 bits per heavy atom. The molecule has 0 spiro atoms. The van der Waals surface area contributed by atoms with E-state index < -0.39 is 0 Å². The molecule has 2 N–H and O–H groups in total. The van der Waals surface area contributed by atoms with Crippen molar-refractivity contribution in [2.24, 2.45) is 0 Å². The SMILES string of the molecule is O=C(NCCc1ccc2nc[nH]c2c1)c1ccccc1.